The molecule has 1 aliphatic heterocycles. The van der Waals surface area contributed by atoms with Crippen LogP contribution in [0.3, 0.4) is 0 Å². The number of nitrogen functional groups attached to an aromatic ring is 1. The van der Waals surface area contributed by atoms with E-state index in [1.54, 1.807) is 7.11 Å². The summed E-state index contributed by atoms with van der Waals surface area (Å²) >= 11 is 2.07. The Kier molecular flexibility index (Phi) is 4.63. The first-order valence-electron chi connectivity index (χ1n) is 6.79. The lowest BCUT2D eigenvalue weighted by Crippen LogP contribution is -2.27. The predicted molar refractivity (Wildman–Crippen MR) is 83.8 cm³/mol. The third kappa shape index (κ3) is 4.05. The second-order valence-corrected chi connectivity index (χ2v) is 7.50. The molecular formula is C15H24N2OS. The summed E-state index contributed by atoms with van der Waals surface area (Å²) in [5, 5.41) is 0. The Balaban J connectivity index is 2.01. The number of rotatable bonds is 3. The molecule has 1 saturated heterocycles. The summed E-state index contributed by atoms with van der Waals surface area (Å²) in [6.45, 7) is 7.89. The second-order valence-electron chi connectivity index (χ2n) is 5.70. The Hall–Kier alpha value is -0.870. The van der Waals surface area contributed by atoms with Gasteiger partial charge in [0.25, 0.3) is 0 Å². The highest BCUT2D eigenvalue weighted by molar-refractivity contribution is 8.00. The largest absolute Gasteiger partial charge is 0.497 e. The summed E-state index contributed by atoms with van der Waals surface area (Å²) in [4.78, 5) is 2.50. The number of nitrogens with zero attached hydrogens (tertiary/aromatic N) is 1. The number of anilines is 1. The van der Waals surface area contributed by atoms with E-state index in [1.807, 2.05) is 12.1 Å². The molecule has 1 aliphatic rings. The number of benzene rings is 1. The van der Waals surface area contributed by atoms with Gasteiger partial charge in [0.2, 0.25) is 0 Å². The van der Waals surface area contributed by atoms with E-state index in [4.69, 9.17) is 10.5 Å². The average molecular weight is 280 g/mol. The summed E-state index contributed by atoms with van der Waals surface area (Å²) < 4.78 is 5.59. The van der Waals surface area contributed by atoms with Gasteiger partial charge in [-0.2, -0.15) is 11.8 Å². The summed E-state index contributed by atoms with van der Waals surface area (Å²) in [7, 11) is 1.67. The Morgan fingerprint density at radius 1 is 1.37 bits per heavy atom. The van der Waals surface area contributed by atoms with Crippen LogP contribution in [-0.4, -0.2) is 35.6 Å². The standard InChI is InChI=1S/C15H24N2OS/c1-15(2)6-7-17(8-9-19-15)11-12-4-5-13(18-3)10-14(12)16/h4-5,10H,6-9,11,16H2,1-3H3. The molecule has 0 aliphatic carbocycles. The predicted octanol–water partition coefficient (Wildman–Crippen LogP) is 2.99. The smallest absolute Gasteiger partial charge is 0.120 e. The van der Waals surface area contributed by atoms with Crippen LogP contribution >= 0.6 is 11.8 Å². The fourth-order valence-corrected chi connectivity index (χ4v) is 3.44. The highest BCUT2D eigenvalue weighted by Gasteiger charge is 2.23. The van der Waals surface area contributed by atoms with Crippen molar-refractivity contribution in [1.82, 2.24) is 4.90 Å². The third-order valence-electron chi connectivity index (χ3n) is 3.68. The zero-order valence-electron chi connectivity index (χ0n) is 12.1. The van der Waals surface area contributed by atoms with Crippen LogP contribution in [0.15, 0.2) is 18.2 Å². The maximum atomic E-state index is 6.09. The molecule has 0 spiro atoms. The Morgan fingerprint density at radius 3 is 2.84 bits per heavy atom. The van der Waals surface area contributed by atoms with Gasteiger partial charge in [0.05, 0.1) is 7.11 Å². The van der Waals surface area contributed by atoms with Gasteiger partial charge in [-0.15, -0.1) is 0 Å². The van der Waals surface area contributed by atoms with Gasteiger partial charge in [-0.25, -0.2) is 0 Å². The Morgan fingerprint density at radius 2 is 2.16 bits per heavy atom. The molecule has 1 fully saturated rings. The monoisotopic (exact) mass is 280 g/mol. The molecule has 1 heterocycles. The van der Waals surface area contributed by atoms with Crippen LogP contribution in [0.4, 0.5) is 5.69 Å². The summed E-state index contributed by atoms with van der Waals surface area (Å²) in [6.07, 6.45) is 1.23. The zero-order chi connectivity index (χ0) is 13.9. The van der Waals surface area contributed by atoms with E-state index in [0.717, 1.165) is 31.1 Å². The van der Waals surface area contributed by atoms with Crippen LogP contribution in [-0.2, 0) is 6.54 Å². The first-order chi connectivity index (χ1) is 9.00. The van der Waals surface area contributed by atoms with Crippen molar-refractivity contribution in [1.29, 1.82) is 0 Å². The number of hydrogen-bond donors (Lipinski definition) is 1. The fourth-order valence-electron chi connectivity index (χ4n) is 2.31. The molecule has 1 aromatic carbocycles. The van der Waals surface area contributed by atoms with Crippen molar-refractivity contribution in [2.75, 3.05) is 31.7 Å². The molecule has 0 atom stereocenters. The minimum absolute atomic E-state index is 0.403. The number of hydrogen-bond acceptors (Lipinski definition) is 4. The molecule has 0 radical (unpaired) electrons. The number of thioether (sulfide) groups is 1. The van der Waals surface area contributed by atoms with Gasteiger partial charge >= 0.3 is 0 Å². The molecule has 4 heteroatoms. The third-order valence-corrected chi connectivity index (χ3v) is 5.05. The molecular weight excluding hydrogens is 256 g/mol. The van der Waals surface area contributed by atoms with Crippen molar-refractivity contribution in [3.05, 3.63) is 23.8 Å². The molecule has 0 amide bonds. The topological polar surface area (TPSA) is 38.5 Å². The molecule has 0 saturated carbocycles. The van der Waals surface area contributed by atoms with E-state index in [-0.39, 0.29) is 0 Å². The number of nitrogens with two attached hydrogens (primary N) is 1. The van der Waals surface area contributed by atoms with Crippen LogP contribution in [0.5, 0.6) is 5.75 Å². The quantitative estimate of drug-likeness (QED) is 0.864. The van der Waals surface area contributed by atoms with E-state index in [9.17, 15) is 0 Å². The molecule has 106 valence electrons. The van der Waals surface area contributed by atoms with Crippen LogP contribution in [0.1, 0.15) is 25.8 Å². The molecule has 19 heavy (non-hydrogen) atoms. The minimum atomic E-state index is 0.403. The first-order valence-corrected chi connectivity index (χ1v) is 7.77. The lowest BCUT2D eigenvalue weighted by atomic mass is 10.1. The van der Waals surface area contributed by atoms with Crippen molar-refractivity contribution in [3.63, 3.8) is 0 Å². The Labute approximate surface area is 120 Å². The maximum absolute atomic E-state index is 6.09. The van der Waals surface area contributed by atoms with Gasteiger partial charge in [-0.1, -0.05) is 19.9 Å². The fraction of sp³-hybridized carbons (Fsp3) is 0.600. The molecule has 0 bridgehead atoms. The lowest BCUT2D eigenvalue weighted by Gasteiger charge is -2.23. The summed E-state index contributed by atoms with van der Waals surface area (Å²) in [6, 6.07) is 5.98. The van der Waals surface area contributed by atoms with Gasteiger partial charge in [-0.3, -0.25) is 4.90 Å². The maximum Gasteiger partial charge on any atom is 0.120 e. The summed E-state index contributed by atoms with van der Waals surface area (Å²) in [5.74, 6) is 2.03. The summed E-state index contributed by atoms with van der Waals surface area (Å²) in [5.41, 5.74) is 8.12. The Bertz CT molecular complexity index is 434. The number of methoxy groups -OCH3 is 1. The van der Waals surface area contributed by atoms with Gasteiger partial charge in [0, 0.05) is 35.3 Å². The van der Waals surface area contributed by atoms with Crippen LogP contribution in [0.25, 0.3) is 0 Å². The molecule has 2 N–H and O–H groups in total. The van der Waals surface area contributed by atoms with E-state index in [1.165, 1.54) is 17.7 Å². The van der Waals surface area contributed by atoms with Crippen molar-refractivity contribution >= 4 is 17.4 Å². The van der Waals surface area contributed by atoms with Gasteiger partial charge < -0.3 is 10.5 Å². The van der Waals surface area contributed by atoms with Crippen LogP contribution < -0.4 is 10.5 Å². The minimum Gasteiger partial charge on any atom is -0.497 e. The average Bonchev–Trinajstić information content (AvgIpc) is 2.53. The van der Waals surface area contributed by atoms with E-state index in [2.05, 4.69) is 36.6 Å². The molecule has 3 nitrogen and oxygen atoms in total. The van der Waals surface area contributed by atoms with Crippen LogP contribution in [0.2, 0.25) is 0 Å². The van der Waals surface area contributed by atoms with Crippen molar-refractivity contribution in [3.8, 4) is 5.75 Å². The highest BCUT2D eigenvalue weighted by Crippen LogP contribution is 2.31. The SMILES string of the molecule is COc1ccc(CN2CCSC(C)(C)CC2)c(N)c1. The second kappa shape index (κ2) is 6.06. The van der Waals surface area contributed by atoms with E-state index in [0.29, 0.717) is 4.75 Å². The molecule has 0 unspecified atom stereocenters. The number of ether oxygens (including phenoxy) is 1. The zero-order valence-corrected chi connectivity index (χ0v) is 12.9. The van der Waals surface area contributed by atoms with Crippen molar-refractivity contribution in [2.45, 2.75) is 31.6 Å². The molecule has 0 aromatic heterocycles. The highest BCUT2D eigenvalue weighted by atomic mass is 32.2. The van der Waals surface area contributed by atoms with Crippen LogP contribution in [0, 0.1) is 0 Å². The van der Waals surface area contributed by atoms with Crippen molar-refractivity contribution in [2.24, 2.45) is 0 Å². The van der Waals surface area contributed by atoms with Gasteiger partial charge in [0.1, 0.15) is 5.75 Å². The molecule has 1 aromatic rings. The van der Waals surface area contributed by atoms with Crippen molar-refractivity contribution < 1.29 is 4.74 Å². The first kappa shape index (κ1) is 14.5. The van der Waals surface area contributed by atoms with Gasteiger partial charge in [-0.05, 0) is 24.6 Å². The normalized spacial score (nSPS) is 19.9. The van der Waals surface area contributed by atoms with E-state index < -0.39 is 0 Å². The van der Waals surface area contributed by atoms with E-state index >= 15 is 0 Å². The molecule has 2 rings (SSSR count). The lowest BCUT2D eigenvalue weighted by molar-refractivity contribution is 0.276. The van der Waals surface area contributed by atoms with Gasteiger partial charge in [0.15, 0.2) is 0 Å².